The van der Waals surface area contributed by atoms with E-state index < -0.39 is 0 Å². The number of hydrogen-bond acceptors (Lipinski definition) is 5. The summed E-state index contributed by atoms with van der Waals surface area (Å²) in [7, 11) is 0. The van der Waals surface area contributed by atoms with Gasteiger partial charge < -0.3 is 17.8 Å². The highest BCUT2D eigenvalue weighted by molar-refractivity contribution is 6.34. The monoisotopic (exact) mass is 817 g/mol. The first kappa shape index (κ1) is 33.9. The highest BCUT2D eigenvalue weighted by atomic mass is 16.3. The zero-order valence-corrected chi connectivity index (χ0v) is 34.0. The van der Waals surface area contributed by atoms with Gasteiger partial charge in [0.15, 0.2) is 11.4 Å². The van der Waals surface area contributed by atoms with Crippen LogP contribution in [0.4, 0.5) is 0 Å². The molecule has 0 fully saturated rings. The van der Waals surface area contributed by atoms with Crippen molar-refractivity contribution in [3.8, 4) is 39.5 Å². The highest BCUT2D eigenvalue weighted by Gasteiger charge is 2.24. The minimum atomic E-state index is 0.577. The molecule has 0 unspecified atom stereocenters. The smallest absolute Gasteiger partial charge is 0.180 e. The molecule has 6 heteroatoms. The standard InChI is InChI=1S/C58H31N3O3/c1-2-11-32(12-3-1)33-24-27-49-44(29-33)56-57(64-49)55(34-23-26-39-38-15-6-7-21-47(38)63-51(39)30-34)59-58(60-56)42-18-10-22-50-52(42)43-31-35(25-28-48(43)62-50)61-45-19-8-16-40-36-13-4-5-14-37(36)41-17-9-20-46(61)54(41)53(40)45/h1-31H. The summed E-state index contributed by atoms with van der Waals surface area (Å²) in [4.78, 5) is 10.8. The largest absolute Gasteiger partial charge is 0.456 e. The van der Waals surface area contributed by atoms with Gasteiger partial charge in [0.2, 0.25) is 0 Å². The lowest BCUT2D eigenvalue weighted by Crippen LogP contribution is -1.95. The van der Waals surface area contributed by atoms with E-state index in [1.165, 1.54) is 43.4 Å². The molecule has 0 spiro atoms. The fourth-order valence-corrected chi connectivity index (χ4v) is 10.6. The number of nitrogens with zero attached hydrogens (tertiary/aromatic N) is 3. The first-order chi connectivity index (χ1) is 31.7. The molecule has 0 amide bonds. The number of hydrogen-bond donors (Lipinski definition) is 0. The number of benzene rings is 10. The Labute approximate surface area is 363 Å². The van der Waals surface area contributed by atoms with Gasteiger partial charge in [-0.3, -0.25) is 0 Å². The molecule has 0 N–H and O–H groups in total. The number of rotatable bonds is 4. The zero-order valence-electron chi connectivity index (χ0n) is 34.0. The van der Waals surface area contributed by atoms with Gasteiger partial charge in [-0.1, -0.05) is 121 Å². The van der Waals surface area contributed by atoms with E-state index in [9.17, 15) is 0 Å². The topological polar surface area (TPSA) is 70.1 Å². The van der Waals surface area contributed by atoms with E-state index >= 15 is 0 Å². The zero-order chi connectivity index (χ0) is 41.6. The van der Waals surface area contributed by atoms with Gasteiger partial charge in [0.05, 0.1) is 11.0 Å². The van der Waals surface area contributed by atoms with Gasteiger partial charge >= 0.3 is 0 Å². The predicted octanol–water partition coefficient (Wildman–Crippen LogP) is 16.0. The Kier molecular flexibility index (Phi) is 6.59. The fourth-order valence-electron chi connectivity index (χ4n) is 10.6. The third-order valence-corrected chi connectivity index (χ3v) is 13.4. The lowest BCUT2D eigenvalue weighted by atomic mass is 9.95. The number of furan rings is 3. The Morgan fingerprint density at radius 2 is 0.969 bits per heavy atom. The highest BCUT2D eigenvalue weighted by Crippen LogP contribution is 2.46. The van der Waals surface area contributed by atoms with Crippen LogP contribution in [0.15, 0.2) is 201 Å². The van der Waals surface area contributed by atoms with Crippen LogP contribution in [0.3, 0.4) is 0 Å². The van der Waals surface area contributed by atoms with Gasteiger partial charge in [-0.15, -0.1) is 0 Å². The number of aromatic nitrogens is 3. The van der Waals surface area contributed by atoms with Crippen molar-refractivity contribution in [2.45, 2.75) is 0 Å². The molecule has 0 saturated heterocycles. The van der Waals surface area contributed by atoms with Gasteiger partial charge in [0.25, 0.3) is 0 Å². The van der Waals surface area contributed by atoms with Crippen molar-refractivity contribution in [1.82, 2.24) is 14.5 Å². The molecule has 0 bridgehead atoms. The van der Waals surface area contributed by atoms with Crippen molar-refractivity contribution in [3.05, 3.63) is 188 Å². The molecule has 0 saturated carbocycles. The summed E-state index contributed by atoms with van der Waals surface area (Å²) < 4.78 is 22.2. The Bertz CT molecular complexity index is 4350. The lowest BCUT2D eigenvalue weighted by molar-refractivity contribution is 0.666. The maximum atomic E-state index is 6.73. The van der Waals surface area contributed by atoms with Crippen LogP contribution >= 0.6 is 0 Å². The molecule has 6 nitrogen and oxygen atoms in total. The van der Waals surface area contributed by atoms with Gasteiger partial charge in [-0.2, -0.15) is 0 Å². The third-order valence-electron chi connectivity index (χ3n) is 13.4. The maximum Gasteiger partial charge on any atom is 0.180 e. The van der Waals surface area contributed by atoms with Gasteiger partial charge in [0, 0.05) is 54.5 Å². The van der Waals surface area contributed by atoms with Crippen molar-refractivity contribution < 1.29 is 13.3 Å². The van der Waals surface area contributed by atoms with Crippen LogP contribution in [0, 0.1) is 0 Å². The van der Waals surface area contributed by atoms with E-state index in [1.807, 2.05) is 42.5 Å². The summed E-state index contributed by atoms with van der Waals surface area (Å²) in [5, 5.41) is 12.6. The minimum absolute atomic E-state index is 0.577. The maximum absolute atomic E-state index is 6.73. The van der Waals surface area contributed by atoms with Crippen molar-refractivity contribution in [3.63, 3.8) is 0 Å². The van der Waals surface area contributed by atoms with Crippen LogP contribution < -0.4 is 0 Å². The van der Waals surface area contributed by atoms with Crippen molar-refractivity contribution in [1.29, 1.82) is 0 Å². The SMILES string of the molecule is c1ccc(-c2ccc3oc4c(-c5ccc6c(c5)oc5ccccc56)nc(-c5cccc6oc7ccc(-n8c9cccc%10c%11ccccc%11c%11cccc8c%11c%109)cc7c56)nc4c3c2)cc1. The van der Waals surface area contributed by atoms with E-state index in [0.29, 0.717) is 17.1 Å². The molecular weight excluding hydrogens is 787 g/mol. The van der Waals surface area contributed by atoms with Crippen molar-refractivity contribution in [2.24, 2.45) is 0 Å². The molecule has 0 aliphatic carbocycles. The molecule has 10 aromatic carbocycles. The average molecular weight is 818 g/mol. The second-order valence-corrected chi connectivity index (χ2v) is 16.8. The summed E-state index contributed by atoms with van der Waals surface area (Å²) in [6.45, 7) is 0. The average Bonchev–Trinajstić information content (AvgIpc) is 4.12. The molecule has 0 aliphatic heterocycles. The first-order valence-corrected chi connectivity index (χ1v) is 21.6. The summed E-state index contributed by atoms with van der Waals surface area (Å²) >= 11 is 0. The molecule has 15 aromatic rings. The van der Waals surface area contributed by atoms with Crippen LogP contribution in [-0.2, 0) is 0 Å². The van der Waals surface area contributed by atoms with E-state index in [2.05, 4.69) is 150 Å². The quantitative estimate of drug-likeness (QED) is 0.165. The molecule has 64 heavy (non-hydrogen) atoms. The van der Waals surface area contributed by atoms with Gasteiger partial charge in [0.1, 0.15) is 39.1 Å². The Morgan fingerprint density at radius 1 is 0.344 bits per heavy atom. The van der Waals surface area contributed by atoms with Crippen LogP contribution in [0.25, 0.3) is 149 Å². The third kappa shape index (κ3) is 4.58. The lowest BCUT2D eigenvalue weighted by Gasteiger charge is -2.09. The second kappa shape index (κ2) is 12.4. The molecule has 296 valence electrons. The summed E-state index contributed by atoms with van der Waals surface area (Å²) in [6, 6.07) is 66.0. The summed E-state index contributed by atoms with van der Waals surface area (Å²) in [6.07, 6.45) is 0. The molecule has 15 rings (SSSR count). The molecule has 0 aliphatic rings. The van der Waals surface area contributed by atoms with Gasteiger partial charge in [-0.05, 0) is 99.4 Å². The Balaban J connectivity index is 0.992. The molecule has 0 atom stereocenters. The van der Waals surface area contributed by atoms with E-state index in [-0.39, 0.29) is 0 Å². The second-order valence-electron chi connectivity index (χ2n) is 16.8. The molecular formula is C58H31N3O3. The summed E-state index contributed by atoms with van der Waals surface area (Å²) in [5.41, 5.74) is 13.3. The number of fused-ring (bicyclic) bond motifs is 12. The van der Waals surface area contributed by atoms with Crippen LogP contribution in [0.5, 0.6) is 0 Å². The predicted molar refractivity (Wildman–Crippen MR) is 261 cm³/mol. The van der Waals surface area contributed by atoms with Crippen LogP contribution in [0.2, 0.25) is 0 Å². The summed E-state index contributed by atoms with van der Waals surface area (Å²) in [5.74, 6) is 0.577. The molecule has 5 heterocycles. The normalized spacial score (nSPS) is 12.4. The van der Waals surface area contributed by atoms with Crippen LogP contribution in [0.1, 0.15) is 0 Å². The minimum Gasteiger partial charge on any atom is -0.456 e. The van der Waals surface area contributed by atoms with E-state index in [4.69, 9.17) is 23.2 Å². The van der Waals surface area contributed by atoms with Crippen molar-refractivity contribution >= 4 is 109 Å². The molecule has 5 aromatic heterocycles. The first-order valence-electron chi connectivity index (χ1n) is 21.6. The van der Waals surface area contributed by atoms with Crippen molar-refractivity contribution in [2.75, 3.05) is 0 Å². The fraction of sp³-hybridized carbons (Fsp3) is 0. The van der Waals surface area contributed by atoms with Crippen LogP contribution in [-0.4, -0.2) is 14.5 Å². The molecule has 0 radical (unpaired) electrons. The van der Waals surface area contributed by atoms with E-state index in [1.54, 1.807) is 0 Å². The van der Waals surface area contributed by atoms with Gasteiger partial charge in [-0.25, -0.2) is 9.97 Å². The number of para-hydroxylation sites is 1. The Hall–Kier alpha value is -8.74. The Morgan fingerprint density at radius 3 is 1.78 bits per heavy atom. The van der Waals surface area contributed by atoms with E-state index in [0.717, 1.165) is 88.3 Å².